The highest BCUT2D eigenvalue weighted by Gasteiger charge is 2.22. The summed E-state index contributed by atoms with van der Waals surface area (Å²) in [5, 5.41) is 5.80. The van der Waals surface area contributed by atoms with Crippen molar-refractivity contribution in [3.8, 4) is 16.9 Å². The molecule has 1 saturated heterocycles. The SMILES string of the molecule is Cc1nn2c(c1-c1ccnc3cc(OCC(=O)N4CCN(C)CC4)ccc13)CCC2. The maximum atomic E-state index is 12.5. The number of ether oxygens (including phenoxy) is 1. The van der Waals surface area contributed by atoms with E-state index < -0.39 is 0 Å². The minimum absolute atomic E-state index is 0.0379. The molecular formula is C23H27N5O2. The Labute approximate surface area is 176 Å². The summed E-state index contributed by atoms with van der Waals surface area (Å²) in [6.07, 6.45) is 4.06. The van der Waals surface area contributed by atoms with Crippen molar-refractivity contribution in [2.24, 2.45) is 0 Å². The Morgan fingerprint density at radius 1 is 1.13 bits per heavy atom. The lowest BCUT2D eigenvalue weighted by Gasteiger charge is -2.32. The third kappa shape index (κ3) is 3.43. The number of aromatic nitrogens is 3. The number of hydrogen-bond acceptors (Lipinski definition) is 5. The summed E-state index contributed by atoms with van der Waals surface area (Å²) in [5.41, 5.74) is 5.65. The summed E-state index contributed by atoms with van der Waals surface area (Å²) in [4.78, 5) is 21.1. The highest BCUT2D eigenvalue weighted by atomic mass is 16.5. The van der Waals surface area contributed by atoms with E-state index in [1.807, 2.05) is 29.3 Å². The quantitative estimate of drug-likeness (QED) is 0.667. The van der Waals surface area contributed by atoms with Crippen molar-refractivity contribution in [3.63, 3.8) is 0 Å². The highest BCUT2D eigenvalue weighted by molar-refractivity contribution is 5.96. The van der Waals surface area contributed by atoms with Crippen LogP contribution in [-0.4, -0.2) is 70.3 Å². The molecule has 3 aromatic rings. The van der Waals surface area contributed by atoms with Crippen LogP contribution in [0, 0.1) is 6.92 Å². The Hall–Kier alpha value is -2.93. The molecule has 0 saturated carbocycles. The molecule has 5 rings (SSSR count). The number of likely N-dealkylation sites (N-methyl/N-ethyl adjacent to an activating group) is 1. The molecule has 4 heterocycles. The molecule has 0 radical (unpaired) electrons. The molecule has 1 fully saturated rings. The maximum absolute atomic E-state index is 12.5. The number of hydrogen-bond donors (Lipinski definition) is 0. The largest absolute Gasteiger partial charge is 0.484 e. The van der Waals surface area contributed by atoms with Gasteiger partial charge in [0.15, 0.2) is 6.61 Å². The van der Waals surface area contributed by atoms with Crippen molar-refractivity contribution in [3.05, 3.63) is 41.9 Å². The van der Waals surface area contributed by atoms with Gasteiger partial charge in [0.1, 0.15) is 5.75 Å². The summed E-state index contributed by atoms with van der Waals surface area (Å²) in [6, 6.07) is 7.98. The van der Waals surface area contributed by atoms with Crippen molar-refractivity contribution in [1.29, 1.82) is 0 Å². The molecule has 2 aliphatic rings. The van der Waals surface area contributed by atoms with E-state index in [1.54, 1.807) is 0 Å². The normalized spacial score (nSPS) is 16.8. The standard InChI is InChI=1S/C23H27N5O2/c1-16-23(21-4-3-9-28(21)25-16)19-7-8-24-20-14-17(5-6-18(19)20)30-15-22(29)27-12-10-26(2)11-13-27/h5-8,14H,3-4,9-13,15H2,1-2H3. The van der Waals surface area contributed by atoms with E-state index in [1.165, 1.54) is 16.8 Å². The molecule has 30 heavy (non-hydrogen) atoms. The van der Waals surface area contributed by atoms with Crippen LogP contribution in [0.15, 0.2) is 30.5 Å². The number of pyridine rings is 1. The third-order valence-corrected chi connectivity index (χ3v) is 6.22. The lowest BCUT2D eigenvalue weighted by molar-refractivity contribution is -0.134. The van der Waals surface area contributed by atoms with Crippen LogP contribution in [-0.2, 0) is 17.8 Å². The number of carbonyl (C=O) groups is 1. The average Bonchev–Trinajstić information content (AvgIpc) is 3.32. The predicted molar refractivity (Wildman–Crippen MR) is 116 cm³/mol. The van der Waals surface area contributed by atoms with Crippen molar-refractivity contribution < 1.29 is 9.53 Å². The van der Waals surface area contributed by atoms with Crippen LogP contribution < -0.4 is 4.74 Å². The van der Waals surface area contributed by atoms with Crippen LogP contribution in [0.2, 0.25) is 0 Å². The van der Waals surface area contributed by atoms with Crippen LogP contribution in [0.5, 0.6) is 5.75 Å². The van der Waals surface area contributed by atoms with Gasteiger partial charge in [0.25, 0.3) is 5.91 Å². The Morgan fingerprint density at radius 2 is 1.97 bits per heavy atom. The van der Waals surface area contributed by atoms with Gasteiger partial charge in [0, 0.05) is 61.6 Å². The first-order chi connectivity index (χ1) is 14.6. The molecule has 0 bridgehead atoms. The summed E-state index contributed by atoms with van der Waals surface area (Å²) >= 11 is 0. The second kappa shape index (κ2) is 7.72. The molecule has 0 unspecified atom stereocenters. The van der Waals surface area contributed by atoms with Crippen LogP contribution in [0.25, 0.3) is 22.0 Å². The van der Waals surface area contributed by atoms with Gasteiger partial charge in [-0.15, -0.1) is 0 Å². The van der Waals surface area contributed by atoms with E-state index in [0.717, 1.165) is 62.2 Å². The van der Waals surface area contributed by atoms with Crippen molar-refractivity contribution in [1.82, 2.24) is 24.6 Å². The van der Waals surface area contributed by atoms with Crippen molar-refractivity contribution in [2.75, 3.05) is 39.8 Å². The Kier molecular flexibility index (Phi) is 4.90. The van der Waals surface area contributed by atoms with E-state index in [0.29, 0.717) is 5.75 Å². The molecule has 7 heteroatoms. The van der Waals surface area contributed by atoms with Gasteiger partial charge in [0.2, 0.25) is 0 Å². The molecule has 1 amide bonds. The molecule has 1 aromatic carbocycles. The monoisotopic (exact) mass is 405 g/mol. The van der Waals surface area contributed by atoms with Crippen LogP contribution in [0.4, 0.5) is 0 Å². The van der Waals surface area contributed by atoms with E-state index in [-0.39, 0.29) is 12.5 Å². The Balaban J connectivity index is 1.37. The minimum atomic E-state index is 0.0379. The first-order valence-corrected chi connectivity index (χ1v) is 10.6. The summed E-state index contributed by atoms with van der Waals surface area (Å²) in [7, 11) is 2.08. The lowest BCUT2D eigenvalue weighted by Crippen LogP contribution is -2.48. The van der Waals surface area contributed by atoms with Gasteiger partial charge in [-0.05, 0) is 50.6 Å². The van der Waals surface area contributed by atoms with Gasteiger partial charge in [-0.25, -0.2) is 0 Å². The first kappa shape index (κ1) is 19.1. The third-order valence-electron chi connectivity index (χ3n) is 6.22. The molecule has 0 spiro atoms. The maximum Gasteiger partial charge on any atom is 0.260 e. The fourth-order valence-corrected chi connectivity index (χ4v) is 4.54. The number of piperazine rings is 1. The molecule has 0 aliphatic carbocycles. The molecule has 2 aromatic heterocycles. The highest BCUT2D eigenvalue weighted by Crippen LogP contribution is 2.36. The van der Waals surface area contributed by atoms with Crippen LogP contribution >= 0.6 is 0 Å². The van der Waals surface area contributed by atoms with Crippen LogP contribution in [0.1, 0.15) is 17.8 Å². The topological polar surface area (TPSA) is 63.5 Å². The molecular weight excluding hydrogens is 378 g/mol. The number of nitrogens with zero attached hydrogens (tertiary/aromatic N) is 5. The number of benzene rings is 1. The predicted octanol–water partition coefficient (Wildman–Crippen LogP) is 2.51. The first-order valence-electron chi connectivity index (χ1n) is 10.6. The second-order valence-corrected chi connectivity index (χ2v) is 8.24. The van der Waals surface area contributed by atoms with Gasteiger partial charge in [-0.3, -0.25) is 14.5 Å². The second-order valence-electron chi connectivity index (χ2n) is 8.24. The van der Waals surface area contributed by atoms with E-state index in [9.17, 15) is 4.79 Å². The average molecular weight is 406 g/mol. The number of rotatable bonds is 4. The molecule has 0 N–H and O–H groups in total. The zero-order valence-corrected chi connectivity index (χ0v) is 17.6. The van der Waals surface area contributed by atoms with Gasteiger partial charge in [-0.1, -0.05) is 0 Å². The zero-order valence-electron chi connectivity index (χ0n) is 17.6. The smallest absolute Gasteiger partial charge is 0.260 e. The fraction of sp³-hybridized carbons (Fsp3) is 0.435. The Bertz CT molecular complexity index is 1100. The number of fused-ring (bicyclic) bond motifs is 2. The van der Waals surface area contributed by atoms with Crippen LogP contribution in [0.3, 0.4) is 0 Å². The van der Waals surface area contributed by atoms with Gasteiger partial charge in [0.05, 0.1) is 11.2 Å². The Morgan fingerprint density at radius 3 is 2.80 bits per heavy atom. The van der Waals surface area contributed by atoms with Gasteiger partial charge < -0.3 is 14.5 Å². The van der Waals surface area contributed by atoms with Crippen molar-refractivity contribution in [2.45, 2.75) is 26.3 Å². The number of amides is 1. The van der Waals surface area contributed by atoms with Crippen molar-refractivity contribution >= 4 is 16.8 Å². The molecule has 2 aliphatic heterocycles. The molecule has 7 nitrogen and oxygen atoms in total. The van der Waals surface area contributed by atoms with E-state index >= 15 is 0 Å². The summed E-state index contributed by atoms with van der Waals surface area (Å²) in [6.45, 7) is 6.48. The van der Waals surface area contributed by atoms with E-state index in [2.05, 4.69) is 34.6 Å². The summed E-state index contributed by atoms with van der Waals surface area (Å²) < 4.78 is 7.96. The number of aryl methyl sites for hydroxylation is 2. The molecule has 156 valence electrons. The van der Waals surface area contributed by atoms with E-state index in [4.69, 9.17) is 9.84 Å². The molecule has 0 atom stereocenters. The zero-order chi connectivity index (χ0) is 20.7. The summed E-state index contributed by atoms with van der Waals surface area (Å²) in [5.74, 6) is 0.711. The minimum Gasteiger partial charge on any atom is -0.484 e. The van der Waals surface area contributed by atoms with Gasteiger partial charge in [-0.2, -0.15) is 5.10 Å². The number of carbonyl (C=O) groups excluding carboxylic acids is 1. The lowest BCUT2D eigenvalue weighted by atomic mass is 9.98. The fourth-order valence-electron chi connectivity index (χ4n) is 4.54. The van der Waals surface area contributed by atoms with Gasteiger partial charge >= 0.3 is 0 Å².